The Morgan fingerprint density at radius 2 is 1.94 bits per heavy atom. The molecule has 94 valence electrons. The Hall–Kier alpha value is -1.73. The average Bonchev–Trinajstić information content (AvgIpc) is 2.28. The van der Waals surface area contributed by atoms with Crippen LogP contribution in [-0.2, 0) is 0 Å². The second-order valence-electron chi connectivity index (χ2n) is 3.54. The van der Waals surface area contributed by atoms with Gasteiger partial charge in [0.15, 0.2) is 0 Å². The summed E-state index contributed by atoms with van der Waals surface area (Å²) in [5.41, 5.74) is 6.40. The molecule has 0 radical (unpaired) electrons. The zero-order valence-electron chi connectivity index (χ0n) is 9.72. The maximum atomic E-state index is 8.93. The minimum atomic E-state index is -0.135. The molecular formula is C10H17N5O2. The van der Waals surface area contributed by atoms with Gasteiger partial charge in [-0.05, 0) is 13.0 Å². The molecule has 0 bridgehead atoms. The smallest absolute Gasteiger partial charge is 0.226 e. The number of hydrogen-bond donors (Lipinski definition) is 4. The molecule has 0 saturated carbocycles. The summed E-state index contributed by atoms with van der Waals surface area (Å²) in [4.78, 5) is 9.95. The lowest BCUT2D eigenvalue weighted by Gasteiger charge is -2.21. The van der Waals surface area contributed by atoms with Crippen LogP contribution in [0.3, 0.4) is 0 Å². The number of nitrogens with two attached hydrogens (primary N) is 1. The van der Waals surface area contributed by atoms with E-state index in [-0.39, 0.29) is 19.0 Å². The van der Waals surface area contributed by atoms with Crippen molar-refractivity contribution in [3.8, 4) is 0 Å². The predicted molar refractivity (Wildman–Crippen MR) is 64.2 cm³/mol. The van der Waals surface area contributed by atoms with Gasteiger partial charge in [-0.2, -0.15) is 0 Å². The summed E-state index contributed by atoms with van der Waals surface area (Å²) in [6, 6.07) is 1.61. The number of hydrogen-bond acceptors (Lipinski definition) is 6. The van der Waals surface area contributed by atoms with Crippen LogP contribution in [-0.4, -0.2) is 52.3 Å². The van der Waals surface area contributed by atoms with Gasteiger partial charge in [0.25, 0.3) is 0 Å². The predicted octanol–water partition coefficient (Wildman–Crippen LogP) is -1.14. The van der Waals surface area contributed by atoms with Crippen LogP contribution in [0.4, 0.5) is 5.95 Å². The van der Waals surface area contributed by atoms with Gasteiger partial charge in [-0.1, -0.05) is 0 Å². The highest BCUT2D eigenvalue weighted by Crippen LogP contribution is 2.09. The number of nitrogens with zero attached hydrogens (tertiary/aromatic N) is 3. The highest BCUT2D eigenvalue weighted by molar-refractivity contribution is 5.93. The molecule has 0 aliphatic heterocycles. The van der Waals surface area contributed by atoms with Crippen molar-refractivity contribution < 1.29 is 10.2 Å². The maximum Gasteiger partial charge on any atom is 0.226 e. The number of rotatable bonds is 6. The van der Waals surface area contributed by atoms with E-state index in [0.29, 0.717) is 30.4 Å². The summed E-state index contributed by atoms with van der Waals surface area (Å²) < 4.78 is 0. The summed E-state index contributed by atoms with van der Waals surface area (Å²) in [6.07, 6.45) is 0. The van der Waals surface area contributed by atoms with Gasteiger partial charge < -0.3 is 20.8 Å². The third-order valence-corrected chi connectivity index (χ3v) is 2.14. The molecule has 7 heteroatoms. The first kappa shape index (κ1) is 13.3. The van der Waals surface area contributed by atoms with Gasteiger partial charge in [0, 0.05) is 18.8 Å². The first-order valence-corrected chi connectivity index (χ1v) is 5.25. The molecule has 0 atom stereocenters. The van der Waals surface area contributed by atoms with E-state index in [4.69, 9.17) is 21.4 Å². The third-order valence-electron chi connectivity index (χ3n) is 2.14. The van der Waals surface area contributed by atoms with Crippen molar-refractivity contribution in [3.05, 3.63) is 17.5 Å². The van der Waals surface area contributed by atoms with Gasteiger partial charge in [-0.25, -0.2) is 9.97 Å². The highest BCUT2D eigenvalue weighted by atomic mass is 16.3. The van der Waals surface area contributed by atoms with Gasteiger partial charge in [-0.3, -0.25) is 5.41 Å². The van der Waals surface area contributed by atoms with Crippen molar-refractivity contribution in [3.63, 3.8) is 0 Å². The third kappa shape index (κ3) is 3.65. The Bertz CT molecular complexity index is 390. The van der Waals surface area contributed by atoms with Crippen LogP contribution in [0.25, 0.3) is 0 Å². The minimum absolute atomic E-state index is 0.0628. The number of aryl methyl sites for hydroxylation is 1. The molecule has 0 aliphatic carbocycles. The van der Waals surface area contributed by atoms with Crippen molar-refractivity contribution in [2.24, 2.45) is 5.73 Å². The van der Waals surface area contributed by atoms with E-state index in [0.717, 1.165) is 0 Å². The second-order valence-corrected chi connectivity index (χ2v) is 3.54. The topological polar surface area (TPSA) is 119 Å². The summed E-state index contributed by atoms with van der Waals surface area (Å²) in [6.45, 7) is 2.29. The highest BCUT2D eigenvalue weighted by Gasteiger charge is 2.11. The van der Waals surface area contributed by atoms with E-state index < -0.39 is 0 Å². The molecule has 0 aliphatic rings. The lowest BCUT2D eigenvalue weighted by Crippen LogP contribution is -2.32. The van der Waals surface area contributed by atoms with Crippen LogP contribution in [0, 0.1) is 12.3 Å². The fourth-order valence-electron chi connectivity index (χ4n) is 1.39. The molecule has 1 aromatic heterocycles. The molecule has 0 spiro atoms. The summed E-state index contributed by atoms with van der Waals surface area (Å²) in [5, 5.41) is 25.2. The summed E-state index contributed by atoms with van der Waals surface area (Å²) in [5.74, 6) is 0.225. The average molecular weight is 239 g/mol. The Morgan fingerprint density at radius 1 is 1.35 bits per heavy atom. The molecule has 1 heterocycles. The van der Waals surface area contributed by atoms with E-state index in [1.807, 2.05) is 0 Å². The van der Waals surface area contributed by atoms with Crippen molar-refractivity contribution >= 4 is 11.8 Å². The van der Waals surface area contributed by atoms with Crippen molar-refractivity contribution in [1.82, 2.24) is 9.97 Å². The molecule has 7 nitrogen and oxygen atoms in total. The van der Waals surface area contributed by atoms with Gasteiger partial charge >= 0.3 is 0 Å². The zero-order valence-corrected chi connectivity index (χ0v) is 9.72. The number of aromatic nitrogens is 2. The number of anilines is 1. The van der Waals surface area contributed by atoms with Crippen molar-refractivity contribution in [2.45, 2.75) is 6.92 Å². The Balaban J connectivity index is 3.04. The first-order chi connectivity index (χ1) is 8.08. The molecular weight excluding hydrogens is 222 g/mol. The van der Waals surface area contributed by atoms with Crippen LogP contribution < -0.4 is 10.6 Å². The second kappa shape index (κ2) is 6.12. The largest absolute Gasteiger partial charge is 0.395 e. The maximum absolute atomic E-state index is 8.93. The minimum Gasteiger partial charge on any atom is -0.395 e. The van der Waals surface area contributed by atoms with E-state index in [9.17, 15) is 0 Å². The molecule has 0 saturated heterocycles. The van der Waals surface area contributed by atoms with E-state index in [2.05, 4.69) is 9.97 Å². The van der Waals surface area contributed by atoms with Gasteiger partial charge in [0.1, 0.15) is 11.5 Å². The van der Waals surface area contributed by atoms with Crippen molar-refractivity contribution in [1.29, 1.82) is 5.41 Å². The van der Waals surface area contributed by atoms with Gasteiger partial charge in [-0.15, -0.1) is 0 Å². The van der Waals surface area contributed by atoms with Crippen LogP contribution >= 0.6 is 0 Å². The quantitative estimate of drug-likeness (QED) is 0.368. The molecule has 0 unspecified atom stereocenters. The first-order valence-electron chi connectivity index (χ1n) is 5.25. The lowest BCUT2D eigenvalue weighted by atomic mass is 10.3. The molecule has 17 heavy (non-hydrogen) atoms. The fourth-order valence-corrected chi connectivity index (χ4v) is 1.39. The SMILES string of the molecule is Cc1cc(C(=N)N)nc(N(CCO)CCO)n1. The van der Waals surface area contributed by atoms with E-state index in [1.54, 1.807) is 17.9 Å². The Morgan fingerprint density at radius 3 is 2.41 bits per heavy atom. The fraction of sp³-hybridized carbons (Fsp3) is 0.500. The van der Waals surface area contributed by atoms with Crippen LogP contribution in [0.5, 0.6) is 0 Å². The molecule has 5 N–H and O–H groups in total. The number of aliphatic hydroxyl groups is 2. The molecule has 0 fully saturated rings. The molecule has 1 aromatic rings. The van der Waals surface area contributed by atoms with E-state index >= 15 is 0 Å². The summed E-state index contributed by atoms with van der Waals surface area (Å²) in [7, 11) is 0. The van der Waals surface area contributed by atoms with Crippen LogP contribution in [0.1, 0.15) is 11.4 Å². The van der Waals surface area contributed by atoms with Crippen LogP contribution in [0.2, 0.25) is 0 Å². The number of nitrogen functional groups attached to an aromatic ring is 1. The van der Waals surface area contributed by atoms with E-state index in [1.165, 1.54) is 0 Å². The van der Waals surface area contributed by atoms with Gasteiger partial charge in [0.2, 0.25) is 5.95 Å². The molecule has 0 aromatic carbocycles. The Kier molecular flexibility index (Phi) is 4.80. The lowest BCUT2D eigenvalue weighted by molar-refractivity contribution is 0.280. The van der Waals surface area contributed by atoms with Gasteiger partial charge in [0.05, 0.1) is 13.2 Å². The molecule has 0 amide bonds. The molecule has 1 rings (SSSR count). The van der Waals surface area contributed by atoms with Crippen LogP contribution in [0.15, 0.2) is 6.07 Å². The Labute approximate surface area is 99.4 Å². The zero-order chi connectivity index (χ0) is 12.8. The number of amidine groups is 1. The standard InChI is InChI=1S/C10H17N5O2/c1-7-6-8(9(11)12)14-10(13-7)15(2-4-16)3-5-17/h6,16-17H,2-5H2,1H3,(H3,11,12). The summed E-state index contributed by atoms with van der Waals surface area (Å²) >= 11 is 0. The number of nitrogens with one attached hydrogen (secondary N) is 1. The number of aliphatic hydroxyl groups excluding tert-OH is 2. The van der Waals surface area contributed by atoms with Crippen molar-refractivity contribution in [2.75, 3.05) is 31.2 Å². The monoisotopic (exact) mass is 239 g/mol. The normalized spacial score (nSPS) is 10.3.